The average Bonchev–Trinajstić information content (AvgIpc) is 2.84. The molecule has 0 atom stereocenters. The number of carbonyl (C=O) groups is 1. The van der Waals surface area contributed by atoms with Gasteiger partial charge in [-0.05, 0) is 24.6 Å². The number of unbranched alkanes of at least 4 members (excludes halogenated alkanes) is 2. The van der Waals surface area contributed by atoms with E-state index in [2.05, 4.69) is 11.8 Å². The maximum absolute atomic E-state index is 11.5. The zero-order valence-corrected chi connectivity index (χ0v) is 9.81. The Labute approximate surface area is 101 Å². The third kappa shape index (κ3) is 4.56. The Hall–Kier alpha value is -2.02. The molecule has 0 aromatic carbocycles. The highest BCUT2D eigenvalue weighted by atomic mass is 16.5. The molecule has 0 N–H and O–H groups in total. The largest absolute Gasteiger partial charge is 0.471 e. The molecule has 1 rings (SSSR count). The van der Waals surface area contributed by atoms with Gasteiger partial charge in [0, 0.05) is 0 Å². The molecular formula is C13H15NO3. The first-order valence-corrected chi connectivity index (χ1v) is 5.57. The van der Waals surface area contributed by atoms with Gasteiger partial charge in [0.05, 0.1) is 19.4 Å². The first-order chi connectivity index (χ1) is 8.27. The molecule has 0 saturated heterocycles. The van der Waals surface area contributed by atoms with Crippen molar-refractivity contribution in [2.75, 3.05) is 6.61 Å². The molecule has 0 aliphatic rings. The molecule has 0 fully saturated rings. The number of esters is 1. The van der Waals surface area contributed by atoms with Crippen LogP contribution >= 0.6 is 0 Å². The summed E-state index contributed by atoms with van der Waals surface area (Å²) in [4.78, 5) is 14.7. The minimum atomic E-state index is -0.590. The van der Waals surface area contributed by atoms with Gasteiger partial charge >= 0.3 is 5.97 Å². The fraction of sp³-hybridized carbons (Fsp3) is 0.385. The summed E-state index contributed by atoms with van der Waals surface area (Å²) in [6, 6.07) is 3.37. The highest BCUT2D eigenvalue weighted by molar-refractivity contribution is 5.95. The molecule has 17 heavy (non-hydrogen) atoms. The molecule has 4 nitrogen and oxygen atoms in total. The lowest BCUT2D eigenvalue weighted by Crippen LogP contribution is -2.06. The van der Waals surface area contributed by atoms with Gasteiger partial charge < -0.3 is 9.15 Å². The summed E-state index contributed by atoms with van der Waals surface area (Å²) >= 11 is 0. The molecular weight excluding hydrogens is 218 g/mol. The van der Waals surface area contributed by atoms with E-state index in [9.17, 15) is 4.79 Å². The van der Waals surface area contributed by atoms with E-state index in [4.69, 9.17) is 15.7 Å². The van der Waals surface area contributed by atoms with Crippen molar-refractivity contribution >= 4 is 12.0 Å². The van der Waals surface area contributed by atoms with Gasteiger partial charge in [-0.25, -0.2) is 4.85 Å². The Kier molecular flexibility index (Phi) is 5.59. The fourth-order valence-electron chi connectivity index (χ4n) is 1.24. The zero-order chi connectivity index (χ0) is 12.5. The maximum Gasteiger partial charge on any atom is 0.336 e. The van der Waals surface area contributed by atoms with Gasteiger partial charge in [-0.2, -0.15) is 0 Å². The van der Waals surface area contributed by atoms with Gasteiger partial charge in [0.25, 0.3) is 5.70 Å². The van der Waals surface area contributed by atoms with E-state index < -0.39 is 5.97 Å². The van der Waals surface area contributed by atoms with Crippen LogP contribution in [-0.4, -0.2) is 12.6 Å². The number of hydrogen-bond acceptors (Lipinski definition) is 3. The molecule has 0 radical (unpaired) electrons. The number of nitrogens with zero attached hydrogens (tertiary/aromatic N) is 1. The molecule has 90 valence electrons. The lowest BCUT2D eigenvalue weighted by atomic mass is 10.3. The first-order valence-electron chi connectivity index (χ1n) is 5.57. The lowest BCUT2D eigenvalue weighted by molar-refractivity contribution is -0.138. The van der Waals surface area contributed by atoms with Crippen LogP contribution in [0, 0.1) is 6.57 Å². The number of carbonyl (C=O) groups excluding carboxylic acids is 1. The fourth-order valence-corrected chi connectivity index (χ4v) is 1.24. The van der Waals surface area contributed by atoms with Gasteiger partial charge in [0.15, 0.2) is 0 Å². The highest BCUT2D eigenvalue weighted by Crippen LogP contribution is 2.10. The van der Waals surface area contributed by atoms with Crippen molar-refractivity contribution in [2.45, 2.75) is 26.2 Å². The van der Waals surface area contributed by atoms with Gasteiger partial charge in [-0.3, -0.25) is 4.79 Å². The summed E-state index contributed by atoms with van der Waals surface area (Å²) in [5.74, 6) is -0.117. The monoisotopic (exact) mass is 233 g/mol. The molecule has 4 heteroatoms. The third-order valence-electron chi connectivity index (χ3n) is 2.13. The summed E-state index contributed by atoms with van der Waals surface area (Å²) in [7, 11) is 0. The number of furan rings is 1. The number of hydrogen-bond donors (Lipinski definition) is 0. The van der Waals surface area contributed by atoms with Crippen LogP contribution in [-0.2, 0) is 9.53 Å². The SMILES string of the molecule is [C-]#[N+]/C(=C\c1ccco1)C(=O)OCCCCC. The van der Waals surface area contributed by atoms with Gasteiger partial charge in [-0.1, -0.05) is 19.8 Å². The average molecular weight is 233 g/mol. The van der Waals surface area contributed by atoms with Crippen LogP contribution in [0.1, 0.15) is 31.9 Å². The Morgan fingerprint density at radius 3 is 3.00 bits per heavy atom. The summed E-state index contributed by atoms with van der Waals surface area (Å²) in [6.07, 6.45) is 5.78. The van der Waals surface area contributed by atoms with Crippen molar-refractivity contribution in [1.82, 2.24) is 0 Å². The minimum Gasteiger partial charge on any atom is -0.471 e. The van der Waals surface area contributed by atoms with E-state index in [-0.39, 0.29) is 5.70 Å². The second-order valence-corrected chi connectivity index (χ2v) is 3.50. The molecule has 0 amide bonds. The van der Waals surface area contributed by atoms with E-state index in [0.29, 0.717) is 12.4 Å². The summed E-state index contributed by atoms with van der Waals surface area (Å²) < 4.78 is 10.0. The molecule has 1 aromatic rings. The molecule has 1 heterocycles. The minimum absolute atomic E-state index is 0.0588. The van der Waals surface area contributed by atoms with Crippen LogP contribution in [0.5, 0.6) is 0 Å². The second-order valence-electron chi connectivity index (χ2n) is 3.50. The summed E-state index contributed by atoms with van der Waals surface area (Å²) in [5, 5.41) is 0. The predicted octanol–water partition coefficient (Wildman–Crippen LogP) is 3.27. The molecule has 0 aliphatic heterocycles. The van der Waals surface area contributed by atoms with E-state index >= 15 is 0 Å². The summed E-state index contributed by atoms with van der Waals surface area (Å²) in [6.45, 7) is 9.35. The quantitative estimate of drug-likeness (QED) is 0.328. The standard InChI is InChI=1S/C13H15NO3/c1-3-4-5-8-17-13(15)12(14-2)10-11-7-6-9-16-11/h6-7,9-10H,3-5,8H2,1H3/b12-10-. The number of rotatable bonds is 6. The molecule has 0 bridgehead atoms. The lowest BCUT2D eigenvalue weighted by Gasteiger charge is -2.02. The third-order valence-corrected chi connectivity index (χ3v) is 2.13. The molecule has 0 unspecified atom stereocenters. The molecule has 0 spiro atoms. The first kappa shape index (κ1) is 13.0. The van der Waals surface area contributed by atoms with Crippen molar-refractivity contribution in [2.24, 2.45) is 0 Å². The van der Waals surface area contributed by atoms with Crippen LogP contribution in [0.25, 0.3) is 10.9 Å². The normalized spacial score (nSPS) is 10.9. The topological polar surface area (TPSA) is 43.8 Å². The Morgan fingerprint density at radius 2 is 2.41 bits per heavy atom. The predicted molar refractivity (Wildman–Crippen MR) is 63.8 cm³/mol. The molecule has 0 aliphatic carbocycles. The second kappa shape index (κ2) is 7.29. The van der Waals surface area contributed by atoms with Crippen LogP contribution in [0.2, 0.25) is 0 Å². The highest BCUT2D eigenvalue weighted by Gasteiger charge is 2.11. The van der Waals surface area contributed by atoms with Crippen LogP contribution in [0.3, 0.4) is 0 Å². The summed E-state index contributed by atoms with van der Waals surface area (Å²) in [5.41, 5.74) is -0.0588. The van der Waals surface area contributed by atoms with Crippen LogP contribution in [0.15, 0.2) is 28.5 Å². The van der Waals surface area contributed by atoms with Crippen molar-refractivity contribution < 1.29 is 13.9 Å². The van der Waals surface area contributed by atoms with E-state index in [1.165, 1.54) is 12.3 Å². The maximum atomic E-state index is 11.5. The number of ether oxygens (including phenoxy) is 1. The van der Waals surface area contributed by atoms with Gasteiger partial charge in [0.2, 0.25) is 0 Å². The Balaban J connectivity index is 2.51. The van der Waals surface area contributed by atoms with Crippen molar-refractivity contribution in [3.05, 3.63) is 41.3 Å². The molecule has 0 saturated carbocycles. The Morgan fingerprint density at radius 1 is 1.59 bits per heavy atom. The van der Waals surface area contributed by atoms with E-state index in [1.807, 2.05) is 0 Å². The van der Waals surface area contributed by atoms with E-state index in [1.54, 1.807) is 12.1 Å². The Bertz CT molecular complexity index is 412. The van der Waals surface area contributed by atoms with Crippen molar-refractivity contribution in [1.29, 1.82) is 0 Å². The van der Waals surface area contributed by atoms with E-state index in [0.717, 1.165) is 19.3 Å². The zero-order valence-electron chi connectivity index (χ0n) is 9.81. The molecule has 1 aromatic heterocycles. The van der Waals surface area contributed by atoms with Crippen molar-refractivity contribution in [3.63, 3.8) is 0 Å². The van der Waals surface area contributed by atoms with Crippen LogP contribution < -0.4 is 0 Å². The van der Waals surface area contributed by atoms with Crippen molar-refractivity contribution in [3.8, 4) is 0 Å². The van der Waals surface area contributed by atoms with Gasteiger partial charge in [-0.15, -0.1) is 0 Å². The van der Waals surface area contributed by atoms with Crippen LogP contribution in [0.4, 0.5) is 0 Å². The van der Waals surface area contributed by atoms with Gasteiger partial charge in [0.1, 0.15) is 5.76 Å². The smallest absolute Gasteiger partial charge is 0.336 e.